The fourth-order valence-corrected chi connectivity index (χ4v) is 4.02. The van der Waals surface area contributed by atoms with Crippen LogP contribution in [0.5, 0.6) is 23.2 Å². The molecule has 1 aliphatic carbocycles. The number of alkyl halides is 3. The maximum atomic E-state index is 14.2. The number of benzene rings is 2. The third-order valence-corrected chi connectivity index (χ3v) is 5.73. The Bertz CT molecular complexity index is 1370. The summed E-state index contributed by atoms with van der Waals surface area (Å²) in [5, 5.41) is 9.47. The standard InChI is InChI=1S/C26H21F4NO6/c1-14-18(9-15-10-21(34-2)25(33)22(11-15)35-3)17-7-6-16(27)12-20(17)19(14)13-23(32)31(26(28,29)30)37-24-5-4-8-36-24/h4-12,33H,13H2,1-3H3/b18-9-. The number of phenols is 1. The number of furan rings is 1. The van der Waals surface area contributed by atoms with E-state index in [0.717, 1.165) is 18.4 Å². The lowest BCUT2D eigenvalue weighted by Gasteiger charge is -2.23. The van der Waals surface area contributed by atoms with E-state index in [9.17, 15) is 27.5 Å². The Hall–Kier alpha value is -4.41. The summed E-state index contributed by atoms with van der Waals surface area (Å²) in [6.07, 6.45) is -3.13. The zero-order valence-electron chi connectivity index (χ0n) is 19.9. The first-order chi connectivity index (χ1) is 17.5. The Labute approximate surface area is 208 Å². The van der Waals surface area contributed by atoms with Gasteiger partial charge in [0.2, 0.25) is 5.75 Å². The number of hydroxylamine groups is 2. The molecular weight excluding hydrogens is 498 g/mol. The smallest absolute Gasteiger partial charge is 0.502 e. The van der Waals surface area contributed by atoms with Crippen molar-refractivity contribution in [3.8, 4) is 23.2 Å². The van der Waals surface area contributed by atoms with Crippen molar-refractivity contribution in [2.75, 3.05) is 14.2 Å². The average molecular weight is 519 g/mol. The van der Waals surface area contributed by atoms with Gasteiger partial charge in [-0.05, 0) is 76.7 Å². The summed E-state index contributed by atoms with van der Waals surface area (Å²) in [6, 6.07) is 9.35. The van der Waals surface area contributed by atoms with E-state index in [-0.39, 0.29) is 28.4 Å². The molecule has 0 atom stereocenters. The fourth-order valence-electron chi connectivity index (χ4n) is 4.02. The van der Waals surface area contributed by atoms with Crippen molar-refractivity contribution in [1.82, 2.24) is 5.06 Å². The van der Waals surface area contributed by atoms with Crippen LogP contribution in [0.25, 0.3) is 17.2 Å². The van der Waals surface area contributed by atoms with Crippen LogP contribution in [0.1, 0.15) is 30.0 Å². The van der Waals surface area contributed by atoms with Crippen LogP contribution in [-0.4, -0.2) is 36.6 Å². The number of amides is 1. The number of allylic oxidation sites excluding steroid dienone is 2. The molecule has 37 heavy (non-hydrogen) atoms. The minimum Gasteiger partial charge on any atom is -0.502 e. The highest BCUT2D eigenvalue weighted by Crippen LogP contribution is 2.45. The van der Waals surface area contributed by atoms with Crippen molar-refractivity contribution >= 4 is 23.1 Å². The third-order valence-electron chi connectivity index (χ3n) is 5.73. The molecule has 0 saturated carbocycles. The predicted octanol–water partition coefficient (Wildman–Crippen LogP) is 6.20. The molecule has 1 aliphatic rings. The number of hydrogen-bond acceptors (Lipinski definition) is 6. The first-order valence-electron chi connectivity index (χ1n) is 10.8. The molecule has 0 saturated heterocycles. The maximum absolute atomic E-state index is 14.2. The SMILES string of the molecule is COc1cc(/C=C2/C(C)=C(CC(=O)N(Oc3ccco3)C(F)(F)F)c3cc(F)ccc32)cc(OC)c1O. The number of phenolic OH excluding ortho intramolecular Hbond substituents is 1. The average Bonchev–Trinajstić information content (AvgIpc) is 3.45. The molecule has 1 N–H and O–H groups in total. The monoisotopic (exact) mass is 519 g/mol. The van der Waals surface area contributed by atoms with Crippen LogP contribution < -0.4 is 14.3 Å². The van der Waals surface area contributed by atoms with E-state index < -0.39 is 35.5 Å². The van der Waals surface area contributed by atoms with Gasteiger partial charge in [-0.25, -0.2) is 4.39 Å². The Morgan fingerprint density at radius 3 is 2.32 bits per heavy atom. The van der Waals surface area contributed by atoms with E-state index in [1.807, 2.05) is 0 Å². The molecule has 1 amide bonds. The van der Waals surface area contributed by atoms with Crippen LogP contribution in [0, 0.1) is 5.82 Å². The Balaban J connectivity index is 1.77. The van der Waals surface area contributed by atoms with E-state index in [4.69, 9.17) is 13.9 Å². The van der Waals surface area contributed by atoms with Crippen LogP contribution in [0.4, 0.5) is 17.6 Å². The fraction of sp³-hybridized carbons (Fsp3) is 0.192. The number of methoxy groups -OCH3 is 2. The number of aromatic hydroxyl groups is 1. The summed E-state index contributed by atoms with van der Waals surface area (Å²) in [5.74, 6) is -2.51. The molecule has 1 aromatic heterocycles. The van der Waals surface area contributed by atoms with Crippen molar-refractivity contribution in [2.45, 2.75) is 19.6 Å². The first-order valence-corrected chi connectivity index (χ1v) is 10.8. The molecule has 0 aliphatic heterocycles. The molecule has 7 nitrogen and oxygen atoms in total. The molecule has 0 radical (unpaired) electrons. The van der Waals surface area contributed by atoms with E-state index in [1.165, 1.54) is 44.6 Å². The van der Waals surface area contributed by atoms with Gasteiger partial charge < -0.3 is 23.8 Å². The highest BCUT2D eigenvalue weighted by atomic mass is 19.4. The first kappa shape index (κ1) is 25.7. The van der Waals surface area contributed by atoms with E-state index in [0.29, 0.717) is 22.3 Å². The Kier molecular flexibility index (Phi) is 6.88. The summed E-state index contributed by atoms with van der Waals surface area (Å²) in [4.78, 5) is 17.5. The lowest BCUT2D eigenvalue weighted by Crippen LogP contribution is -2.45. The minimum atomic E-state index is -5.17. The van der Waals surface area contributed by atoms with Crippen molar-refractivity contribution in [3.05, 3.63) is 76.8 Å². The lowest BCUT2D eigenvalue weighted by molar-refractivity contribution is -0.321. The van der Waals surface area contributed by atoms with Crippen molar-refractivity contribution < 1.29 is 46.2 Å². The lowest BCUT2D eigenvalue weighted by atomic mass is 10.00. The molecular formula is C26H21F4NO6. The third kappa shape index (κ3) is 5.11. The van der Waals surface area contributed by atoms with Gasteiger partial charge in [-0.15, -0.1) is 13.2 Å². The topological polar surface area (TPSA) is 81.4 Å². The Morgan fingerprint density at radius 1 is 1.08 bits per heavy atom. The van der Waals surface area contributed by atoms with Gasteiger partial charge >= 0.3 is 12.2 Å². The number of hydrogen-bond donors (Lipinski definition) is 1. The summed E-state index contributed by atoms with van der Waals surface area (Å²) in [5.41, 5.74) is 2.51. The summed E-state index contributed by atoms with van der Waals surface area (Å²) < 4.78 is 70.2. The second kappa shape index (κ2) is 9.92. The van der Waals surface area contributed by atoms with E-state index in [2.05, 4.69) is 4.84 Å². The van der Waals surface area contributed by atoms with Gasteiger partial charge in [-0.1, -0.05) is 11.1 Å². The molecule has 194 valence electrons. The number of carbonyl (C=O) groups excluding carboxylic acids is 1. The molecule has 2 aromatic carbocycles. The molecule has 11 heteroatoms. The van der Waals surface area contributed by atoms with Gasteiger partial charge in [-0.3, -0.25) is 4.79 Å². The van der Waals surface area contributed by atoms with Gasteiger partial charge in [0.05, 0.1) is 26.9 Å². The van der Waals surface area contributed by atoms with Crippen LogP contribution >= 0.6 is 0 Å². The molecule has 4 rings (SSSR count). The second-order valence-electron chi connectivity index (χ2n) is 7.98. The molecule has 0 unspecified atom stereocenters. The largest absolute Gasteiger partial charge is 0.520 e. The predicted molar refractivity (Wildman–Crippen MR) is 125 cm³/mol. The summed E-state index contributed by atoms with van der Waals surface area (Å²) in [6.45, 7) is 1.62. The molecule has 0 spiro atoms. The molecule has 0 fully saturated rings. The highest BCUT2D eigenvalue weighted by molar-refractivity contribution is 6.08. The number of ether oxygens (including phenoxy) is 2. The van der Waals surface area contributed by atoms with Crippen molar-refractivity contribution in [1.29, 1.82) is 0 Å². The second-order valence-corrected chi connectivity index (χ2v) is 7.98. The molecule has 1 heterocycles. The number of nitrogens with zero attached hydrogens (tertiary/aromatic N) is 1. The highest BCUT2D eigenvalue weighted by Gasteiger charge is 2.45. The van der Waals surface area contributed by atoms with Crippen molar-refractivity contribution in [2.24, 2.45) is 0 Å². The van der Waals surface area contributed by atoms with Crippen LogP contribution in [0.3, 0.4) is 0 Å². The van der Waals surface area contributed by atoms with E-state index in [1.54, 1.807) is 13.0 Å². The van der Waals surface area contributed by atoms with Crippen LogP contribution in [0.15, 0.2) is 58.7 Å². The maximum Gasteiger partial charge on any atom is 0.520 e. The number of halogens is 4. The van der Waals surface area contributed by atoms with Crippen molar-refractivity contribution in [3.63, 3.8) is 0 Å². The van der Waals surface area contributed by atoms with Gasteiger partial charge in [0.1, 0.15) is 5.82 Å². The van der Waals surface area contributed by atoms with Crippen LogP contribution in [0.2, 0.25) is 0 Å². The zero-order chi connectivity index (χ0) is 26.9. The summed E-state index contributed by atoms with van der Waals surface area (Å²) in [7, 11) is 2.73. The van der Waals surface area contributed by atoms with Gasteiger partial charge in [-0.2, -0.15) is 0 Å². The molecule has 0 bridgehead atoms. The summed E-state index contributed by atoms with van der Waals surface area (Å²) >= 11 is 0. The van der Waals surface area contributed by atoms with Gasteiger partial charge in [0, 0.05) is 6.07 Å². The quantitative estimate of drug-likeness (QED) is 0.227. The number of carbonyl (C=O) groups is 1. The van der Waals surface area contributed by atoms with Gasteiger partial charge in [0.25, 0.3) is 5.91 Å². The van der Waals surface area contributed by atoms with Crippen LogP contribution in [-0.2, 0) is 4.79 Å². The molecule has 3 aromatic rings. The zero-order valence-corrected chi connectivity index (χ0v) is 19.9. The number of fused-ring (bicyclic) bond motifs is 1. The van der Waals surface area contributed by atoms with Gasteiger partial charge in [0.15, 0.2) is 11.5 Å². The number of rotatable bonds is 7. The minimum absolute atomic E-state index is 0.136. The normalized spacial score (nSPS) is 14.1. The Morgan fingerprint density at radius 2 is 1.76 bits per heavy atom. The van der Waals surface area contributed by atoms with E-state index >= 15 is 0 Å².